The van der Waals surface area contributed by atoms with Gasteiger partial charge in [-0.15, -0.1) is 0 Å². The summed E-state index contributed by atoms with van der Waals surface area (Å²) >= 11 is 0. The molecule has 0 radical (unpaired) electrons. The number of carbonyl (C=O) groups excluding carboxylic acids is 3. The number of methoxy groups -OCH3 is 1. The molecule has 4 aromatic heterocycles. The van der Waals surface area contributed by atoms with Crippen LogP contribution >= 0.6 is 0 Å². The molecule has 0 spiro atoms. The minimum absolute atomic E-state index is 0.162. The van der Waals surface area contributed by atoms with Gasteiger partial charge in [0.15, 0.2) is 5.52 Å². The molecule has 3 amide bonds. The fraction of sp³-hybridized carbons (Fsp3) is 0.462. The second-order valence-electron chi connectivity index (χ2n) is 14.9. The van der Waals surface area contributed by atoms with Crippen LogP contribution < -0.4 is 21.1 Å². The van der Waals surface area contributed by atoms with Gasteiger partial charge in [0, 0.05) is 49.8 Å². The summed E-state index contributed by atoms with van der Waals surface area (Å²) in [5, 5.41) is 10.8. The SMILES string of the molecule is COc1nc(NC(=O)c2cccc(C)n2)cc2cn(C3CCC(CN4CC[C@@H](c5cccc6c5n(C)c(=O)n6C5CCC(=O)NC5=O)[C@H](F)C4)CC3)nc12. The van der Waals surface area contributed by atoms with Crippen molar-refractivity contribution in [1.82, 2.24) is 39.1 Å². The molecule has 3 aliphatic rings. The van der Waals surface area contributed by atoms with Crippen LogP contribution in [0, 0.1) is 12.8 Å². The summed E-state index contributed by atoms with van der Waals surface area (Å²) in [6, 6.07) is 12.0. The van der Waals surface area contributed by atoms with Crippen molar-refractivity contribution < 1.29 is 23.5 Å². The topological polar surface area (TPSA) is 158 Å². The number of aromatic nitrogens is 6. The molecule has 8 rings (SSSR count). The van der Waals surface area contributed by atoms with Crippen molar-refractivity contribution in [2.75, 3.05) is 32.1 Å². The van der Waals surface area contributed by atoms with E-state index >= 15 is 4.39 Å². The minimum atomic E-state index is -1.11. The van der Waals surface area contributed by atoms with E-state index in [4.69, 9.17) is 9.84 Å². The number of likely N-dealkylation sites (tertiary alicyclic amines) is 1. The van der Waals surface area contributed by atoms with E-state index in [1.54, 1.807) is 31.3 Å². The van der Waals surface area contributed by atoms with Crippen LogP contribution in [-0.4, -0.2) is 84.4 Å². The van der Waals surface area contributed by atoms with Crippen LogP contribution in [0.25, 0.3) is 21.9 Å². The largest absolute Gasteiger partial charge is 0.479 e. The average Bonchev–Trinajstić information content (AvgIpc) is 3.70. The van der Waals surface area contributed by atoms with Crippen LogP contribution in [0.5, 0.6) is 5.88 Å². The van der Waals surface area contributed by atoms with Crippen molar-refractivity contribution in [3.63, 3.8) is 0 Å². The van der Waals surface area contributed by atoms with Crippen LogP contribution in [0.2, 0.25) is 0 Å². The van der Waals surface area contributed by atoms with Gasteiger partial charge in [-0.1, -0.05) is 18.2 Å². The van der Waals surface area contributed by atoms with Crippen LogP contribution in [0.15, 0.2) is 53.5 Å². The third-order valence-electron chi connectivity index (χ3n) is 11.4. The highest BCUT2D eigenvalue weighted by Gasteiger charge is 2.36. The molecule has 54 heavy (non-hydrogen) atoms. The third-order valence-corrected chi connectivity index (χ3v) is 11.4. The molecule has 2 aliphatic heterocycles. The highest BCUT2D eigenvalue weighted by atomic mass is 19.1. The predicted molar refractivity (Wildman–Crippen MR) is 199 cm³/mol. The number of imide groups is 1. The monoisotopic (exact) mass is 737 g/mol. The van der Waals surface area contributed by atoms with Gasteiger partial charge < -0.3 is 15.0 Å². The molecule has 3 fully saturated rings. The van der Waals surface area contributed by atoms with Crippen molar-refractivity contribution in [3.05, 3.63) is 76.1 Å². The van der Waals surface area contributed by atoms with Gasteiger partial charge in [-0.05, 0) is 87.7 Å². The van der Waals surface area contributed by atoms with E-state index in [0.717, 1.165) is 55.4 Å². The molecule has 2 N–H and O–H groups in total. The van der Waals surface area contributed by atoms with Gasteiger partial charge in [0.05, 0.1) is 24.2 Å². The number of hydrogen-bond acceptors (Lipinski definition) is 9. The van der Waals surface area contributed by atoms with E-state index in [1.807, 2.05) is 36.0 Å². The first kappa shape index (κ1) is 35.6. The van der Waals surface area contributed by atoms with Gasteiger partial charge in [-0.3, -0.25) is 33.5 Å². The zero-order chi connectivity index (χ0) is 37.7. The molecule has 14 nitrogen and oxygen atoms in total. The molecular weight excluding hydrogens is 693 g/mol. The van der Waals surface area contributed by atoms with Crippen molar-refractivity contribution in [2.24, 2.45) is 13.0 Å². The lowest BCUT2D eigenvalue weighted by molar-refractivity contribution is -0.135. The number of rotatable bonds is 8. The summed E-state index contributed by atoms with van der Waals surface area (Å²) in [6.45, 7) is 3.72. The summed E-state index contributed by atoms with van der Waals surface area (Å²) in [7, 11) is 3.20. The van der Waals surface area contributed by atoms with E-state index in [1.165, 1.54) is 16.2 Å². The lowest BCUT2D eigenvalue weighted by Crippen LogP contribution is -2.44. The molecule has 1 aliphatic carbocycles. The Morgan fingerprint density at radius 1 is 1.04 bits per heavy atom. The first-order valence-corrected chi connectivity index (χ1v) is 18.7. The lowest BCUT2D eigenvalue weighted by Gasteiger charge is -2.38. The molecule has 282 valence electrons. The number of alkyl halides is 1. The molecule has 6 heterocycles. The van der Waals surface area contributed by atoms with Crippen molar-refractivity contribution >= 4 is 45.5 Å². The maximum atomic E-state index is 16.1. The van der Waals surface area contributed by atoms with Crippen molar-refractivity contribution in [1.29, 1.82) is 0 Å². The highest BCUT2D eigenvalue weighted by Crippen LogP contribution is 2.38. The number of amides is 3. The Balaban J connectivity index is 0.899. The number of ether oxygens (including phenoxy) is 1. The average molecular weight is 738 g/mol. The van der Waals surface area contributed by atoms with Crippen LogP contribution in [0.3, 0.4) is 0 Å². The number of piperidine rings is 2. The first-order valence-electron chi connectivity index (χ1n) is 18.7. The summed E-state index contributed by atoms with van der Waals surface area (Å²) in [6.07, 6.45) is 5.76. The first-order chi connectivity index (χ1) is 26.1. The predicted octanol–water partition coefficient (Wildman–Crippen LogP) is 4.59. The second-order valence-corrected chi connectivity index (χ2v) is 14.9. The number of halogens is 1. The molecule has 1 saturated carbocycles. The Morgan fingerprint density at radius 3 is 2.57 bits per heavy atom. The Morgan fingerprint density at radius 2 is 1.83 bits per heavy atom. The number of imidazole rings is 1. The van der Waals surface area contributed by atoms with Gasteiger partial charge in [-0.25, -0.2) is 14.2 Å². The quantitative estimate of drug-likeness (QED) is 0.218. The standard InChI is InChI=1S/C39H44FN9O5/c1-22-6-4-8-29(41-22)36(51)42-32-18-24-20-48(45-34(24)38(43-32)54-3)25-12-10-23(11-13-25)19-47-17-16-26(28(40)21-47)27-7-5-9-30-35(27)46(2)39(53)49(30)31-14-15-33(50)44-37(31)52/h4-9,18,20,23,25-26,28,31H,10-17,19,21H2,1-3H3,(H,42,51)(H,44,50,52)/t23?,25?,26-,28+,31?/m0/s1. The third kappa shape index (κ3) is 6.65. The summed E-state index contributed by atoms with van der Waals surface area (Å²) in [5.41, 5.74) is 3.35. The Hall–Kier alpha value is -5.44. The summed E-state index contributed by atoms with van der Waals surface area (Å²) < 4.78 is 26.6. The Labute approximate surface area is 310 Å². The van der Waals surface area contributed by atoms with Gasteiger partial charge >= 0.3 is 5.69 Å². The number of anilines is 1. The zero-order valence-electron chi connectivity index (χ0n) is 30.6. The lowest BCUT2D eigenvalue weighted by atomic mass is 9.83. The van der Waals surface area contributed by atoms with Gasteiger partial charge in [0.1, 0.15) is 23.7 Å². The second kappa shape index (κ2) is 14.4. The maximum Gasteiger partial charge on any atom is 0.329 e. The zero-order valence-corrected chi connectivity index (χ0v) is 30.6. The Bertz CT molecular complexity index is 2320. The number of nitrogens with one attached hydrogen (secondary N) is 2. The molecule has 1 unspecified atom stereocenters. The van der Waals surface area contributed by atoms with Crippen LogP contribution in [0.1, 0.15) is 84.7 Å². The molecule has 5 aromatic rings. The molecule has 2 saturated heterocycles. The van der Waals surface area contributed by atoms with Crippen molar-refractivity contribution in [3.8, 4) is 5.88 Å². The number of fused-ring (bicyclic) bond motifs is 2. The number of benzene rings is 1. The van der Waals surface area contributed by atoms with E-state index in [-0.39, 0.29) is 42.3 Å². The molecule has 0 bridgehead atoms. The molecule has 15 heteroatoms. The Kier molecular flexibility index (Phi) is 9.50. The number of para-hydroxylation sites is 1. The minimum Gasteiger partial charge on any atom is -0.479 e. The van der Waals surface area contributed by atoms with Crippen molar-refractivity contribution in [2.45, 2.75) is 76.0 Å². The maximum absolute atomic E-state index is 16.1. The molecule has 3 atom stereocenters. The van der Waals surface area contributed by atoms with E-state index in [9.17, 15) is 19.2 Å². The van der Waals surface area contributed by atoms with Gasteiger partial charge in [-0.2, -0.15) is 10.1 Å². The molecular formula is C39H44FN9O5. The van der Waals surface area contributed by atoms with E-state index in [0.29, 0.717) is 52.8 Å². The normalized spacial score (nSPS) is 23.8. The number of nitrogens with zero attached hydrogens (tertiary/aromatic N) is 7. The summed E-state index contributed by atoms with van der Waals surface area (Å²) in [5.74, 6) is -0.425. The molecule has 1 aromatic carbocycles. The fourth-order valence-electron chi connectivity index (χ4n) is 8.70. The summed E-state index contributed by atoms with van der Waals surface area (Å²) in [4.78, 5) is 61.7. The smallest absolute Gasteiger partial charge is 0.329 e. The van der Waals surface area contributed by atoms with Gasteiger partial charge in [0.25, 0.3) is 5.91 Å². The fourth-order valence-corrected chi connectivity index (χ4v) is 8.70. The number of pyridine rings is 2. The highest BCUT2D eigenvalue weighted by molar-refractivity contribution is 6.03. The van der Waals surface area contributed by atoms with E-state index < -0.39 is 18.1 Å². The number of aryl methyl sites for hydroxylation is 2. The van der Waals surface area contributed by atoms with E-state index in [2.05, 4.69) is 25.5 Å². The van der Waals surface area contributed by atoms with Gasteiger partial charge in [0.2, 0.25) is 17.7 Å². The van der Waals surface area contributed by atoms with Crippen LogP contribution in [-0.2, 0) is 16.6 Å². The van der Waals surface area contributed by atoms with Crippen LogP contribution in [0.4, 0.5) is 10.2 Å². The number of hydrogen-bond donors (Lipinski definition) is 2. The number of carbonyl (C=O) groups is 3.